The van der Waals surface area contributed by atoms with Crippen LogP contribution in [0.25, 0.3) is 11.5 Å². The lowest BCUT2D eigenvalue weighted by Crippen LogP contribution is -2.59. The molecule has 0 aromatic carbocycles. The molecule has 3 aliphatic rings. The molecule has 3 aromatic rings. The molecule has 168 valence electrons. The number of halogens is 2. The lowest BCUT2D eigenvalue weighted by atomic mass is 9.63. The van der Waals surface area contributed by atoms with Crippen LogP contribution in [0.2, 0.25) is 0 Å². The number of ether oxygens (including phenoxy) is 1. The van der Waals surface area contributed by atoms with Crippen LogP contribution in [0.1, 0.15) is 55.4 Å². The SMILES string of the molecule is FC(F)c1nnc(-c2ccc(Cn3cc([C@@H]4CCCN4C4CC5(COC5)C4)nn3)nc2)o1. The second-order valence-electron chi connectivity index (χ2n) is 9.08. The summed E-state index contributed by atoms with van der Waals surface area (Å²) in [7, 11) is 0. The van der Waals surface area contributed by atoms with Crippen molar-refractivity contribution in [3.05, 3.63) is 41.8 Å². The smallest absolute Gasteiger partial charge is 0.314 e. The Hall–Kier alpha value is -2.79. The molecule has 9 nitrogen and oxygen atoms in total. The van der Waals surface area contributed by atoms with E-state index in [0.29, 0.717) is 29.6 Å². The highest BCUT2D eigenvalue weighted by Gasteiger charge is 2.53. The van der Waals surface area contributed by atoms with E-state index in [2.05, 4.69) is 30.4 Å². The number of aromatic nitrogens is 6. The Labute approximate surface area is 182 Å². The van der Waals surface area contributed by atoms with Crippen molar-refractivity contribution in [2.75, 3.05) is 19.8 Å². The molecule has 1 atom stereocenters. The third-order valence-electron chi connectivity index (χ3n) is 6.84. The van der Waals surface area contributed by atoms with Crippen LogP contribution in [0.5, 0.6) is 0 Å². The standard InChI is InChI=1S/C21H23F2N7O2/c22-18(23)20-27-26-19(32-20)13-3-4-14(24-8-13)9-29-10-16(25-28-29)17-2-1-5-30(17)15-6-21(7-15)11-31-12-21/h3-4,8,10,15,17-18H,1-2,5-7,9,11-12H2/t17-/m0/s1. The van der Waals surface area contributed by atoms with Gasteiger partial charge >= 0.3 is 6.43 Å². The minimum absolute atomic E-state index is 0.0231. The minimum Gasteiger partial charge on any atom is -0.415 e. The van der Waals surface area contributed by atoms with E-state index in [4.69, 9.17) is 9.15 Å². The summed E-state index contributed by atoms with van der Waals surface area (Å²) < 4.78 is 37.4. The molecule has 0 amide bonds. The van der Waals surface area contributed by atoms with Crippen LogP contribution in [0, 0.1) is 5.41 Å². The van der Waals surface area contributed by atoms with E-state index in [9.17, 15) is 8.78 Å². The second kappa shape index (κ2) is 7.66. The molecule has 0 N–H and O–H groups in total. The van der Waals surface area contributed by atoms with Gasteiger partial charge in [-0.05, 0) is 44.4 Å². The Morgan fingerprint density at radius 2 is 2.03 bits per heavy atom. The molecule has 1 aliphatic carbocycles. The van der Waals surface area contributed by atoms with Gasteiger partial charge in [0.15, 0.2) is 0 Å². The molecule has 2 aliphatic heterocycles. The lowest BCUT2D eigenvalue weighted by molar-refractivity contribution is -0.186. The molecular weight excluding hydrogens is 420 g/mol. The van der Waals surface area contributed by atoms with E-state index in [-0.39, 0.29) is 5.89 Å². The maximum absolute atomic E-state index is 12.6. The van der Waals surface area contributed by atoms with Crippen LogP contribution in [-0.4, -0.2) is 60.9 Å². The van der Waals surface area contributed by atoms with E-state index < -0.39 is 12.3 Å². The summed E-state index contributed by atoms with van der Waals surface area (Å²) in [6, 6.07) is 4.46. The van der Waals surface area contributed by atoms with Crippen LogP contribution < -0.4 is 0 Å². The predicted molar refractivity (Wildman–Crippen MR) is 107 cm³/mol. The maximum atomic E-state index is 12.6. The first kappa shape index (κ1) is 19.9. The van der Waals surface area contributed by atoms with Crippen LogP contribution in [0.4, 0.5) is 8.78 Å². The van der Waals surface area contributed by atoms with Gasteiger partial charge in [-0.2, -0.15) is 8.78 Å². The Morgan fingerprint density at radius 1 is 1.16 bits per heavy atom. The van der Waals surface area contributed by atoms with Crippen molar-refractivity contribution < 1.29 is 17.9 Å². The van der Waals surface area contributed by atoms with Crippen molar-refractivity contribution in [3.8, 4) is 11.5 Å². The van der Waals surface area contributed by atoms with Crippen LogP contribution in [0.15, 0.2) is 28.9 Å². The fourth-order valence-corrected chi connectivity index (χ4v) is 5.14. The number of hydrogen-bond acceptors (Lipinski definition) is 8. The monoisotopic (exact) mass is 443 g/mol. The number of hydrogen-bond donors (Lipinski definition) is 0. The van der Waals surface area contributed by atoms with Crippen molar-refractivity contribution in [2.45, 2.75) is 50.7 Å². The second-order valence-corrected chi connectivity index (χ2v) is 9.08. The van der Waals surface area contributed by atoms with E-state index in [1.165, 1.54) is 25.5 Å². The zero-order valence-corrected chi connectivity index (χ0v) is 17.4. The van der Waals surface area contributed by atoms with Gasteiger partial charge in [-0.15, -0.1) is 15.3 Å². The summed E-state index contributed by atoms with van der Waals surface area (Å²) in [5.74, 6) is -0.673. The minimum atomic E-state index is -2.79. The molecule has 3 fully saturated rings. The van der Waals surface area contributed by atoms with Crippen LogP contribution in [-0.2, 0) is 11.3 Å². The average molecular weight is 443 g/mol. The number of likely N-dealkylation sites (tertiary alicyclic amines) is 1. The summed E-state index contributed by atoms with van der Waals surface area (Å²) in [6.07, 6.45) is 5.50. The van der Waals surface area contributed by atoms with E-state index >= 15 is 0 Å². The van der Waals surface area contributed by atoms with Gasteiger partial charge in [0.25, 0.3) is 5.89 Å². The summed E-state index contributed by atoms with van der Waals surface area (Å²) in [5, 5.41) is 15.7. The van der Waals surface area contributed by atoms with E-state index in [1.807, 2.05) is 6.20 Å². The van der Waals surface area contributed by atoms with Crippen molar-refractivity contribution in [2.24, 2.45) is 5.41 Å². The zero-order chi connectivity index (χ0) is 21.7. The van der Waals surface area contributed by atoms with Gasteiger partial charge in [-0.25, -0.2) is 4.68 Å². The number of nitrogens with zero attached hydrogens (tertiary/aromatic N) is 7. The van der Waals surface area contributed by atoms with Crippen LogP contribution >= 0.6 is 0 Å². The molecule has 32 heavy (non-hydrogen) atoms. The molecule has 1 saturated carbocycles. The van der Waals surface area contributed by atoms with Crippen molar-refractivity contribution in [1.82, 2.24) is 35.1 Å². The topological polar surface area (TPSA) is 95.0 Å². The number of pyridine rings is 1. The van der Waals surface area contributed by atoms with Gasteiger partial charge in [0.2, 0.25) is 5.89 Å². The predicted octanol–water partition coefficient (Wildman–Crippen LogP) is 3.02. The normalized spacial score (nSPS) is 23.0. The fraction of sp³-hybridized carbons (Fsp3) is 0.571. The Kier molecular flexibility index (Phi) is 4.76. The Balaban J connectivity index is 1.10. The molecule has 0 unspecified atom stereocenters. The molecule has 11 heteroatoms. The van der Waals surface area contributed by atoms with Gasteiger partial charge in [0.05, 0.1) is 48.9 Å². The highest BCUT2D eigenvalue weighted by atomic mass is 19.3. The lowest BCUT2D eigenvalue weighted by Gasteiger charge is -2.56. The first-order chi connectivity index (χ1) is 15.6. The number of rotatable bonds is 6. The molecular formula is C21H23F2N7O2. The van der Waals surface area contributed by atoms with Gasteiger partial charge in [0.1, 0.15) is 0 Å². The highest BCUT2D eigenvalue weighted by molar-refractivity contribution is 5.50. The Morgan fingerprint density at radius 3 is 2.72 bits per heavy atom. The molecule has 0 bridgehead atoms. The first-order valence-electron chi connectivity index (χ1n) is 10.9. The van der Waals surface area contributed by atoms with Crippen molar-refractivity contribution in [1.29, 1.82) is 0 Å². The zero-order valence-electron chi connectivity index (χ0n) is 17.4. The molecule has 1 spiro atoms. The fourth-order valence-electron chi connectivity index (χ4n) is 5.14. The first-order valence-corrected chi connectivity index (χ1v) is 10.9. The molecule has 6 rings (SSSR count). The third kappa shape index (κ3) is 3.49. The van der Waals surface area contributed by atoms with Gasteiger partial charge in [0, 0.05) is 17.7 Å². The summed E-state index contributed by atoms with van der Waals surface area (Å²) in [6.45, 7) is 3.43. The quantitative estimate of drug-likeness (QED) is 0.574. The van der Waals surface area contributed by atoms with E-state index in [0.717, 1.165) is 37.6 Å². The largest absolute Gasteiger partial charge is 0.415 e. The summed E-state index contributed by atoms with van der Waals surface area (Å²) in [4.78, 5) is 6.98. The maximum Gasteiger partial charge on any atom is 0.314 e. The summed E-state index contributed by atoms with van der Waals surface area (Å²) in [5.41, 5.74) is 2.72. The molecule has 3 aromatic heterocycles. The third-order valence-corrected chi connectivity index (χ3v) is 6.84. The van der Waals surface area contributed by atoms with Crippen LogP contribution in [0.3, 0.4) is 0 Å². The van der Waals surface area contributed by atoms with Crippen molar-refractivity contribution in [3.63, 3.8) is 0 Å². The number of alkyl halides is 2. The van der Waals surface area contributed by atoms with Crippen molar-refractivity contribution >= 4 is 0 Å². The Bertz CT molecular complexity index is 1090. The van der Waals surface area contributed by atoms with Gasteiger partial charge in [-0.1, -0.05) is 5.21 Å². The highest BCUT2D eigenvalue weighted by Crippen LogP contribution is 2.51. The summed E-state index contributed by atoms with van der Waals surface area (Å²) >= 11 is 0. The van der Waals surface area contributed by atoms with Gasteiger partial charge in [-0.3, -0.25) is 9.88 Å². The molecule has 5 heterocycles. The molecule has 2 saturated heterocycles. The molecule has 0 radical (unpaired) electrons. The average Bonchev–Trinajstić information content (AvgIpc) is 3.47. The van der Waals surface area contributed by atoms with E-state index in [1.54, 1.807) is 16.8 Å². The van der Waals surface area contributed by atoms with Gasteiger partial charge < -0.3 is 9.15 Å².